The Labute approximate surface area is 207 Å². The van der Waals surface area contributed by atoms with Crippen LogP contribution in [0, 0.1) is 10.1 Å². The predicted octanol–water partition coefficient (Wildman–Crippen LogP) is 3.43. The van der Waals surface area contributed by atoms with Gasteiger partial charge in [0.1, 0.15) is 4.21 Å². The summed E-state index contributed by atoms with van der Waals surface area (Å²) in [5, 5.41) is 17.0. The molecule has 10 nitrogen and oxygen atoms in total. The number of nitro benzene ring substituents is 1. The number of hydrogen-bond acceptors (Lipinski definition) is 8. The number of thiophene rings is 1. The monoisotopic (exact) mass is 515 g/mol. The third-order valence-corrected chi connectivity index (χ3v) is 9.20. The molecule has 2 aromatic carbocycles. The molecule has 0 spiro atoms. The van der Waals surface area contributed by atoms with Gasteiger partial charge in [-0.1, -0.05) is 18.2 Å². The van der Waals surface area contributed by atoms with Gasteiger partial charge in [-0.05, 0) is 43.2 Å². The molecule has 1 aromatic heterocycles. The summed E-state index contributed by atoms with van der Waals surface area (Å²) >= 11 is 1.10. The Hall–Kier alpha value is -3.48. The summed E-state index contributed by atoms with van der Waals surface area (Å²) in [6.07, 6.45) is 1.32. The third-order valence-electron chi connectivity index (χ3n) is 5.75. The fraction of sp³-hybridized carbons (Fsp3) is 0.261. The van der Waals surface area contributed by atoms with Gasteiger partial charge in [0.2, 0.25) is 0 Å². The van der Waals surface area contributed by atoms with Crippen LogP contribution < -0.4 is 16.4 Å². The van der Waals surface area contributed by atoms with Crippen molar-refractivity contribution in [1.82, 2.24) is 9.62 Å². The van der Waals surface area contributed by atoms with E-state index < -0.39 is 20.9 Å². The molecule has 1 saturated heterocycles. The molecule has 0 aliphatic carbocycles. The van der Waals surface area contributed by atoms with E-state index in [-0.39, 0.29) is 28.0 Å². The number of sulfonamides is 1. The summed E-state index contributed by atoms with van der Waals surface area (Å²) in [6.45, 7) is 0.902. The Morgan fingerprint density at radius 3 is 2.57 bits per heavy atom. The first-order valence-electron chi connectivity index (χ1n) is 11.0. The first-order chi connectivity index (χ1) is 16.7. The molecule has 4 N–H and O–H groups in total. The number of piperidine rings is 1. The van der Waals surface area contributed by atoms with Crippen molar-refractivity contribution >= 4 is 44.3 Å². The number of nitrogen functional groups attached to an aromatic ring is 1. The average molecular weight is 516 g/mol. The number of nitrogens with zero attached hydrogens (tertiary/aromatic N) is 2. The minimum atomic E-state index is -3.64. The summed E-state index contributed by atoms with van der Waals surface area (Å²) in [5.74, 6) is -0.472. The van der Waals surface area contributed by atoms with E-state index in [9.17, 15) is 23.3 Å². The summed E-state index contributed by atoms with van der Waals surface area (Å²) < 4.78 is 28.0. The third kappa shape index (κ3) is 5.78. The number of amides is 1. The largest absolute Gasteiger partial charge is 0.397 e. The van der Waals surface area contributed by atoms with Gasteiger partial charge in [-0.3, -0.25) is 14.9 Å². The van der Waals surface area contributed by atoms with Crippen molar-refractivity contribution in [1.29, 1.82) is 0 Å². The van der Waals surface area contributed by atoms with Crippen molar-refractivity contribution in [2.45, 2.75) is 29.6 Å². The van der Waals surface area contributed by atoms with Crippen LogP contribution >= 0.6 is 11.3 Å². The highest BCUT2D eigenvalue weighted by molar-refractivity contribution is 7.91. The van der Waals surface area contributed by atoms with Crippen molar-refractivity contribution in [3.05, 3.63) is 81.2 Å². The number of nitrogens with two attached hydrogens (primary N) is 1. The minimum absolute atomic E-state index is 0.117. The molecule has 1 fully saturated rings. The maximum atomic E-state index is 13.1. The predicted molar refractivity (Wildman–Crippen MR) is 135 cm³/mol. The van der Waals surface area contributed by atoms with Gasteiger partial charge in [0.25, 0.3) is 21.6 Å². The summed E-state index contributed by atoms with van der Waals surface area (Å²) in [4.78, 5) is 23.4. The standard InChI is InChI=1S/C23H25N5O5S2/c24-20-6-1-2-7-21(20)26-17-10-12-27(13-11-17)35(32,33)22-9-8-19(34-22)15-25-23(29)16-4-3-5-18(14-16)28(30)31/h1-9,14,17,26H,10-13,15,24H2,(H,25,29). The van der Waals surface area contributed by atoms with Crippen LogP contribution in [0.4, 0.5) is 17.1 Å². The molecule has 1 amide bonds. The molecule has 1 aliphatic heterocycles. The molecule has 1 aliphatic rings. The second kappa shape index (κ2) is 10.4. The minimum Gasteiger partial charge on any atom is -0.397 e. The number of hydrogen-bond donors (Lipinski definition) is 3. The van der Waals surface area contributed by atoms with E-state index in [0.717, 1.165) is 17.0 Å². The molecule has 4 rings (SSSR count). The molecule has 12 heteroatoms. The number of rotatable bonds is 8. The first-order valence-corrected chi connectivity index (χ1v) is 13.2. The van der Waals surface area contributed by atoms with Crippen molar-refractivity contribution < 1.29 is 18.1 Å². The van der Waals surface area contributed by atoms with Gasteiger partial charge in [0.15, 0.2) is 0 Å². The zero-order chi connectivity index (χ0) is 25.0. The van der Waals surface area contributed by atoms with E-state index in [4.69, 9.17) is 5.73 Å². The highest BCUT2D eigenvalue weighted by Crippen LogP contribution is 2.28. The number of para-hydroxylation sites is 2. The Bertz CT molecular complexity index is 1330. The quantitative estimate of drug-likeness (QED) is 0.236. The molecule has 0 radical (unpaired) electrons. The lowest BCUT2D eigenvalue weighted by Crippen LogP contribution is -2.42. The van der Waals surface area contributed by atoms with Gasteiger partial charge in [-0.15, -0.1) is 11.3 Å². The number of carbonyl (C=O) groups excluding carboxylic acids is 1. The maximum absolute atomic E-state index is 13.1. The van der Waals surface area contributed by atoms with Crippen molar-refractivity contribution in [2.75, 3.05) is 24.1 Å². The van der Waals surface area contributed by atoms with Crippen LogP contribution in [0.5, 0.6) is 0 Å². The molecular formula is C23H25N5O5S2. The van der Waals surface area contributed by atoms with E-state index in [1.165, 1.54) is 28.6 Å². The number of anilines is 2. The van der Waals surface area contributed by atoms with Crippen LogP contribution in [0.2, 0.25) is 0 Å². The average Bonchev–Trinajstić information content (AvgIpc) is 3.34. The van der Waals surface area contributed by atoms with Gasteiger partial charge >= 0.3 is 0 Å². The topological polar surface area (TPSA) is 148 Å². The fourth-order valence-electron chi connectivity index (χ4n) is 3.84. The smallest absolute Gasteiger partial charge is 0.270 e. The molecular weight excluding hydrogens is 490 g/mol. The summed E-state index contributed by atoms with van der Waals surface area (Å²) in [7, 11) is -3.64. The highest BCUT2D eigenvalue weighted by Gasteiger charge is 2.30. The van der Waals surface area contributed by atoms with Gasteiger partial charge in [0, 0.05) is 41.7 Å². The van der Waals surface area contributed by atoms with E-state index in [2.05, 4.69) is 10.6 Å². The van der Waals surface area contributed by atoms with Crippen LogP contribution in [-0.4, -0.2) is 42.7 Å². The Balaban J connectivity index is 1.33. The molecule has 0 bridgehead atoms. The van der Waals surface area contributed by atoms with Crippen LogP contribution in [0.3, 0.4) is 0 Å². The van der Waals surface area contributed by atoms with E-state index >= 15 is 0 Å². The number of nitro groups is 1. The highest BCUT2D eigenvalue weighted by atomic mass is 32.2. The number of nitrogens with one attached hydrogen (secondary N) is 2. The second-order valence-corrected chi connectivity index (χ2v) is 11.5. The van der Waals surface area contributed by atoms with Crippen LogP contribution in [-0.2, 0) is 16.6 Å². The number of non-ortho nitro benzene ring substituents is 1. The van der Waals surface area contributed by atoms with Crippen molar-refractivity contribution in [2.24, 2.45) is 0 Å². The fourth-order valence-corrected chi connectivity index (χ4v) is 6.76. The van der Waals surface area contributed by atoms with Crippen molar-refractivity contribution in [3.8, 4) is 0 Å². The van der Waals surface area contributed by atoms with Gasteiger partial charge in [-0.25, -0.2) is 8.42 Å². The first kappa shape index (κ1) is 24.6. The Morgan fingerprint density at radius 2 is 1.86 bits per heavy atom. The molecule has 2 heterocycles. The van der Waals surface area contributed by atoms with Crippen LogP contribution in [0.1, 0.15) is 28.1 Å². The lowest BCUT2D eigenvalue weighted by Gasteiger charge is -2.32. The molecule has 3 aromatic rings. The lowest BCUT2D eigenvalue weighted by atomic mass is 10.1. The maximum Gasteiger partial charge on any atom is 0.270 e. The molecule has 0 unspecified atom stereocenters. The van der Waals surface area contributed by atoms with E-state index in [1.54, 1.807) is 12.1 Å². The van der Waals surface area contributed by atoms with E-state index in [0.29, 0.717) is 36.5 Å². The van der Waals surface area contributed by atoms with Gasteiger partial charge in [0.05, 0.1) is 22.8 Å². The van der Waals surface area contributed by atoms with Crippen LogP contribution in [0.15, 0.2) is 64.9 Å². The zero-order valence-corrected chi connectivity index (χ0v) is 20.3. The molecule has 35 heavy (non-hydrogen) atoms. The van der Waals surface area contributed by atoms with E-state index in [1.807, 2.05) is 24.3 Å². The molecule has 184 valence electrons. The SMILES string of the molecule is Nc1ccccc1NC1CCN(S(=O)(=O)c2ccc(CNC(=O)c3cccc([N+](=O)[O-])c3)s2)CC1. The normalized spacial score (nSPS) is 15.0. The van der Waals surface area contributed by atoms with Gasteiger partial charge in [-0.2, -0.15) is 4.31 Å². The van der Waals surface area contributed by atoms with Crippen LogP contribution in [0.25, 0.3) is 0 Å². The zero-order valence-electron chi connectivity index (χ0n) is 18.7. The number of carbonyl (C=O) groups is 1. The second-order valence-electron chi connectivity index (χ2n) is 8.12. The summed E-state index contributed by atoms with van der Waals surface area (Å²) in [6, 6.07) is 16.3. The Kier molecular flexibility index (Phi) is 7.34. The molecule has 0 saturated carbocycles. The molecule has 0 atom stereocenters. The van der Waals surface area contributed by atoms with Gasteiger partial charge < -0.3 is 16.4 Å². The van der Waals surface area contributed by atoms with Crippen molar-refractivity contribution in [3.63, 3.8) is 0 Å². The Morgan fingerprint density at radius 1 is 1.11 bits per heavy atom. The number of benzene rings is 2. The lowest BCUT2D eigenvalue weighted by molar-refractivity contribution is -0.384. The summed E-state index contributed by atoms with van der Waals surface area (Å²) in [5.41, 5.74) is 7.49.